The predicted octanol–water partition coefficient (Wildman–Crippen LogP) is 4.81. The first-order valence-electron chi connectivity index (χ1n) is 13.6. The van der Waals surface area contributed by atoms with E-state index in [1.165, 1.54) is 12.0 Å². The van der Waals surface area contributed by atoms with E-state index in [2.05, 4.69) is 5.32 Å². The molecule has 41 heavy (non-hydrogen) atoms. The lowest BCUT2D eigenvalue weighted by atomic mass is 10.0. The first-order chi connectivity index (χ1) is 19.7. The van der Waals surface area contributed by atoms with Crippen LogP contribution in [0.1, 0.15) is 36.8 Å². The molecule has 1 aliphatic rings. The lowest BCUT2D eigenvalue weighted by Gasteiger charge is -2.34. The number of hydrogen-bond donors (Lipinski definition) is 1. The van der Waals surface area contributed by atoms with Crippen LogP contribution in [0.25, 0.3) is 0 Å². The molecule has 218 valence electrons. The van der Waals surface area contributed by atoms with Gasteiger partial charge in [-0.05, 0) is 42.2 Å². The van der Waals surface area contributed by atoms with Crippen molar-refractivity contribution in [2.75, 3.05) is 24.2 Å². The molecule has 0 heterocycles. The van der Waals surface area contributed by atoms with E-state index in [0.29, 0.717) is 16.3 Å². The topological polar surface area (TPSA) is 96.0 Å². The van der Waals surface area contributed by atoms with E-state index in [1.807, 2.05) is 36.4 Å². The number of carbonyl (C=O) groups is 2. The second kappa shape index (κ2) is 13.9. The number of halogens is 1. The number of benzene rings is 3. The van der Waals surface area contributed by atoms with Crippen LogP contribution in [0.15, 0.2) is 78.9 Å². The van der Waals surface area contributed by atoms with Gasteiger partial charge in [-0.3, -0.25) is 13.9 Å². The number of carbonyl (C=O) groups excluding carboxylic acids is 2. The molecule has 1 N–H and O–H groups in total. The van der Waals surface area contributed by atoms with Gasteiger partial charge in [0.15, 0.2) is 0 Å². The van der Waals surface area contributed by atoms with Crippen LogP contribution in [-0.4, -0.2) is 57.1 Å². The zero-order valence-electron chi connectivity index (χ0n) is 23.3. The Bertz CT molecular complexity index is 1440. The third kappa shape index (κ3) is 8.24. The van der Waals surface area contributed by atoms with Crippen LogP contribution in [0.2, 0.25) is 5.02 Å². The van der Waals surface area contributed by atoms with Gasteiger partial charge in [0.1, 0.15) is 18.3 Å². The van der Waals surface area contributed by atoms with Crippen molar-refractivity contribution >= 4 is 39.1 Å². The lowest BCUT2D eigenvalue weighted by Crippen LogP contribution is -2.54. The van der Waals surface area contributed by atoms with Gasteiger partial charge in [-0.1, -0.05) is 79.0 Å². The maximum absolute atomic E-state index is 14.2. The van der Waals surface area contributed by atoms with Crippen molar-refractivity contribution in [3.63, 3.8) is 0 Å². The predicted molar refractivity (Wildman–Crippen MR) is 162 cm³/mol. The second-order valence-electron chi connectivity index (χ2n) is 10.3. The fraction of sp³-hybridized carbons (Fsp3) is 0.355. The summed E-state index contributed by atoms with van der Waals surface area (Å²) in [5.74, 6) is -0.344. The van der Waals surface area contributed by atoms with Crippen LogP contribution in [0.5, 0.6) is 5.75 Å². The second-order valence-corrected chi connectivity index (χ2v) is 12.6. The van der Waals surface area contributed by atoms with Gasteiger partial charge < -0.3 is 15.0 Å². The Kier molecular flexibility index (Phi) is 10.3. The van der Waals surface area contributed by atoms with Gasteiger partial charge in [-0.15, -0.1) is 0 Å². The molecule has 0 aliphatic heterocycles. The minimum atomic E-state index is -3.87. The van der Waals surface area contributed by atoms with Gasteiger partial charge in [-0.2, -0.15) is 0 Å². The van der Waals surface area contributed by atoms with Crippen LogP contribution in [0.4, 0.5) is 5.69 Å². The number of ether oxygens (including phenoxy) is 1. The van der Waals surface area contributed by atoms with E-state index >= 15 is 0 Å². The molecule has 1 fully saturated rings. The molecule has 0 radical (unpaired) electrons. The highest BCUT2D eigenvalue weighted by Gasteiger charge is 2.34. The maximum Gasteiger partial charge on any atom is 0.244 e. The quantitative estimate of drug-likeness (QED) is 0.323. The van der Waals surface area contributed by atoms with Crippen LogP contribution < -0.4 is 14.4 Å². The lowest BCUT2D eigenvalue weighted by molar-refractivity contribution is -0.140. The fourth-order valence-corrected chi connectivity index (χ4v) is 6.15. The summed E-state index contributed by atoms with van der Waals surface area (Å²) in [4.78, 5) is 29.5. The third-order valence-corrected chi connectivity index (χ3v) is 8.80. The van der Waals surface area contributed by atoms with Gasteiger partial charge in [0, 0.05) is 30.1 Å². The van der Waals surface area contributed by atoms with Gasteiger partial charge in [0.25, 0.3) is 0 Å². The van der Waals surface area contributed by atoms with Gasteiger partial charge in [0.2, 0.25) is 21.8 Å². The largest absolute Gasteiger partial charge is 0.497 e. The smallest absolute Gasteiger partial charge is 0.244 e. The van der Waals surface area contributed by atoms with Crippen molar-refractivity contribution in [3.8, 4) is 5.75 Å². The molecule has 0 aromatic heterocycles. The Morgan fingerprint density at radius 2 is 1.68 bits per heavy atom. The third-order valence-electron chi connectivity index (χ3n) is 7.29. The summed E-state index contributed by atoms with van der Waals surface area (Å²) in [7, 11) is -2.39. The molecule has 2 amide bonds. The molecule has 0 unspecified atom stereocenters. The number of amides is 2. The highest BCUT2D eigenvalue weighted by molar-refractivity contribution is 7.92. The molecule has 1 aliphatic carbocycles. The van der Waals surface area contributed by atoms with E-state index in [9.17, 15) is 18.0 Å². The van der Waals surface area contributed by atoms with Crippen molar-refractivity contribution in [1.29, 1.82) is 0 Å². The average molecular weight is 598 g/mol. The molecular weight excluding hydrogens is 562 g/mol. The van der Waals surface area contributed by atoms with E-state index in [4.69, 9.17) is 16.3 Å². The highest BCUT2D eigenvalue weighted by Crippen LogP contribution is 2.26. The molecule has 0 bridgehead atoms. The molecule has 0 saturated heterocycles. The van der Waals surface area contributed by atoms with E-state index < -0.39 is 28.5 Å². The van der Waals surface area contributed by atoms with Gasteiger partial charge in [-0.25, -0.2) is 8.42 Å². The normalized spacial score (nSPS) is 14.3. The minimum absolute atomic E-state index is 0.0316. The zero-order chi connectivity index (χ0) is 29.4. The molecule has 1 atom stereocenters. The minimum Gasteiger partial charge on any atom is -0.497 e. The maximum atomic E-state index is 14.2. The van der Waals surface area contributed by atoms with Crippen molar-refractivity contribution in [2.24, 2.45) is 0 Å². The van der Waals surface area contributed by atoms with Crippen LogP contribution in [0.3, 0.4) is 0 Å². The average Bonchev–Trinajstić information content (AvgIpc) is 3.47. The number of nitrogens with zero attached hydrogens (tertiary/aromatic N) is 2. The molecule has 1 saturated carbocycles. The van der Waals surface area contributed by atoms with Crippen molar-refractivity contribution < 1.29 is 22.7 Å². The van der Waals surface area contributed by atoms with Crippen molar-refractivity contribution in [1.82, 2.24) is 10.2 Å². The first-order valence-corrected chi connectivity index (χ1v) is 15.9. The zero-order valence-corrected chi connectivity index (χ0v) is 24.9. The summed E-state index contributed by atoms with van der Waals surface area (Å²) in [6, 6.07) is 22.3. The molecule has 3 aromatic carbocycles. The molecule has 3 aromatic rings. The summed E-state index contributed by atoms with van der Waals surface area (Å²) < 4.78 is 32.2. The summed E-state index contributed by atoms with van der Waals surface area (Å²) in [5.41, 5.74) is 1.82. The number of sulfonamides is 1. The first kappa shape index (κ1) is 30.4. The van der Waals surface area contributed by atoms with E-state index in [1.54, 1.807) is 42.5 Å². The fourth-order valence-electron chi connectivity index (χ4n) is 5.11. The number of anilines is 1. The summed E-state index contributed by atoms with van der Waals surface area (Å²) in [5, 5.41) is 3.60. The Morgan fingerprint density at radius 3 is 2.34 bits per heavy atom. The summed E-state index contributed by atoms with van der Waals surface area (Å²) in [6.07, 6.45) is 5.17. The van der Waals surface area contributed by atoms with E-state index in [0.717, 1.165) is 41.8 Å². The molecule has 10 heteroatoms. The van der Waals surface area contributed by atoms with Crippen molar-refractivity contribution in [2.45, 2.75) is 50.7 Å². The van der Waals surface area contributed by atoms with Gasteiger partial charge >= 0.3 is 0 Å². The highest BCUT2D eigenvalue weighted by atomic mass is 35.5. The monoisotopic (exact) mass is 597 g/mol. The summed E-state index contributed by atoms with van der Waals surface area (Å²) in [6.45, 7) is -0.470. The number of nitrogens with one attached hydrogen (secondary N) is 1. The van der Waals surface area contributed by atoms with Crippen molar-refractivity contribution in [3.05, 3.63) is 95.0 Å². The molecule has 4 rings (SSSR count). The molecule has 0 spiro atoms. The van der Waals surface area contributed by atoms with Crippen LogP contribution in [-0.2, 0) is 32.6 Å². The SMILES string of the molecule is COc1cccc(N(CC(=O)N(Cc2ccccc2Cl)[C@@H](Cc2ccccc2)C(=O)NC2CCCC2)S(C)(=O)=O)c1. The van der Waals surface area contributed by atoms with Crippen LogP contribution >= 0.6 is 11.6 Å². The Morgan fingerprint density at radius 1 is 1.00 bits per heavy atom. The number of methoxy groups -OCH3 is 1. The Hall–Kier alpha value is -3.56. The van der Waals surface area contributed by atoms with Crippen LogP contribution in [0, 0.1) is 0 Å². The molecule has 8 nitrogen and oxygen atoms in total. The van der Waals surface area contributed by atoms with E-state index in [-0.39, 0.29) is 30.6 Å². The Balaban J connectivity index is 1.73. The molecular formula is C31H36ClN3O5S. The summed E-state index contributed by atoms with van der Waals surface area (Å²) >= 11 is 6.50. The Labute approximate surface area is 247 Å². The number of hydrogen-bond acceptors (Lipinski definition) is 5. The van der Waals surface area contributed by atoms with Gasteiger partial charge in [0.05, 0.1) is 19.1 Å². The standard InChI is InChI=1S/C31H36ClN3O5S/c1-40-27-17-10-16-26(20-27)35(41(2,38)39)22-30(36)34(21-24-13-6-9-18-28(24)32)29(19-23-11-4-3-5-12-23)31(37)33-25-14-7-8-15-25/h3-6,9-13,16-18,20,25,29H,7-8,14-15,19,21-22H2,1-2H3,(H,33,37)/t29-/m0/s1. The number of rotatable bonds is 12.